The highest BCUT2D eigenvalue weighted by molar-refractivity contribution is 5.84. The lowest BCUT2D eigenvalue weighted by atomic mass is 9.81. The molecule has 3 aromatic carbocycles. The van der Waals surface area contributed by atoms with Crippen LogP contribution in [0, 0.1) is 0 Å². The van der Waals surface area contributed by atoms with Crippen LogP contribution < -0.4 is 11.5 Å². The van der Waals surface area contributed by atoms with E-state index in [9.17, 15) is 0 Å². The van der Waals surface area contributed by atoms with Gasteiger partial charge >= 0.3 is 0 Å². The molecule has 0 heterocycles. The molecule has 21 heavy (non-hydrogen) atoms. The second-order valence-corrected chi connectivity index (χ2v) is 5.49. The van der Waals surface area contributed by atoms with Crippen molar-refractivity contribution >= 4 is 5.69 Å². The first-order valence-corrected chi connectivity index (χ1v) is 7.06. The van der Waals surface area contributed by atoms with Gasteiger partial charge in [0.2, 0.25) is 0 Å². The molecule has 102 valence electrons. The zero-order valence-corrected chi connectivity index (χ0v) is 11.6. The molecule has 0 fully saturated rings. The molecule has 0 radical (unpaired) electrons. The number of hydrogen-bond acceptors (Lipinski definition) is 2. The molecule has 2 nitrogen and oxygen atoms in total. The quantitative estimate of drug-likeness (QED) is 0.666. The summed E-state index contributed by atoms with van der Waals surface area (Å²) in [5, 5.41) is 0. The molecule has 0 amide bonds. The lowest BCUT2D eigenvalue weighted by molar-refractivity contribution is 0.675. The average molecular weight is 272 g/mol. The maximum absolute atomic E-state index is 6.92. The van der Waals surface area contributed by atoms with Gasteiger partial charge in [0.05, 0.1) is 5.54 Å². The monoisotopic (exact) mass is 272 g/mol. The maximum atomic E-state index is 6.92. The molecule has 0 bridgehead atoms. The summed E-state index contributed by atoms with van der Waals surface area (Å²) in [4.78, 5) is 0. The van der Waals surface area contributed by atoms with Gasteiger partial charge < -0.3 is 11.5 Å². The molecule has 0 aromatic heterocycles. The molecule has 0 unspecified atom stereocenters. The van der Waals surface area contributed by atoms with E-state index in [4.69, 9.17) is 11.5 Å². The molecule has 0 saturated carbocycles. The van der Waals surface area contributed by atoms with Gasteiger partial charge in [0, 0.05) is 11.3 Å². The molecule has 0 aliphatic heterocycles. The van der Waals surface area contributed by atoms with Crippen LogP contribution in [0.15, 0.2) is 72.8 Å². The van der Waals surface area contributed by atoms with Crippen molar-refractivity contribution in [2.75, 3.05) is 5.73 Å². The van der Waals surface area contributed by atoms with E-state index in [1.807, 2.05) is 36.4 Å². The molecule has 0 atom stereocenters. The SMILES string of the molecule is Nc1ccccc1C1(N)c2ccccc2-c2ccccc21. The number of rotatable bonds is 1. The minimum atomic E-state index is -0.682. The third-order valence-electron chi connectivity index (χ3n) is 4.38. The highest BCUT2D eigenvalue weighted by Crippen LogP contribution is 2.50. The van der Waals surface area contributed by atoms with Gasteiger partial charge in [0.25, 0.3) is 0 Å². The number of fused-ring (bicyclic) bond motifs is 3. The minimum Gasteiger partial charge on any atom is -0.398 e. The summed E-state index contributed by atoms with van der Waals surface area (Å²) in [6, 6.07) is 24.5. The summed E-state index contributed by atoms with van der Waals surface area (Å²) >= 11 is 0. The van der Waals surface area contributed by atoms with Crippen LogP contribution in [0.3, 0.4) is 0 Å². The molecule has 4 N–H and O–H groups in total. The fraction of sp³-hybridized carbons (Fsp3) is 0.0526. The van der Waals surface area contributed by atoms with Gasteiger partial charge in [-0.15, -0.1) is 0 Å². The Bertz CT molecular complexity index is 791. The van der Waals surface area contributed by atoms with Crippen LogP contribution in [-0.4, -0.2) is 0 Å². The first kappa shape index (κ1) is 12.2. The lowest BCUT2D eigenvalue weighted by Gasteiger charge is -2.29. The van der Waals surface area contributed by atoms with Gasteiger partial charge in [-0.25, -0.2) is 0 Å². The summed E-state index contributed by atoms with van der Waals surface area (Å²) in [7, 11) is 0. The Labute approximate surface area is 124 Å². The summed E-state index contributed by atoms with van der Waals surface area (Å²) in [5.41, 5.74) is 18.8. The van der Waals surface area contributed by atoms with Crippen LogP contribution in [0.2, 0.25) is 0 Å². The first-order valence-electron chi connectivity index (χ1n) is 7.06. The standard InChI is InChI=1S/C19H16N2/c20-18-12-6-5-11-17(18)19(21)15-9-3-1-7-13(15)14-8-2-4-10-16(14)19/h1-12H,20-21H2. The fourth-order valence-electron chi connectivity index (χ4n) is 3.42. The first-order chi connectivity index (χ1) is 10.2. The molecular formula is C19H16N2. The van der Waals surface area contributed by atoms with Gasteiger partial charge in [-0.2, -0.15) is 0 Å². The largest absolute Gasteiger partial charge is 0.398 e. The molecule has 0 saturated heterocycles. The van der Waals surface area contributed by atoms with Gasteiger partial charge in [-0.05, 0) is 28.3 Å². The summed E-state index contributed by atoms with van der Waals surface area (Å²) in [6.45, 7) is 0. The zero-order chi connectivity index (χ0) is 14.4. The van der Waals surface area contributed by atoms with Gasteiger partial charge in [-0.3, -0.25) is 0 Å². The highest BCUT2D eigenvalue weighted by Gasteiger charge is 2.41. The molecule has 1 aliphatic carbocycles. The fourth-order valence-corrected chi connectivity index (χ4v) is 3.42. The van der Waals surface area contributed by atoms with Crippen molar-refractivity contribution in [2.24, 2.45) is 5.73 Å². The summed E-state index contributed by atoms with van der Waals surface area (Å²) < 4.78 is 0. The van der Waals surface area contributed by atoms with Crippen molar-refractivity contribution in [1.29, 1.82) is 0 Å². The van der Waals surface area contributed by atoms with Crippen molar-refractivity contribution in [3.8, 4) is 11.1 Å². The van der Waals surface area contributed by atoms with E-state index in [2.05, 4.69) is 36.4 Å². The summed E-state index contributed by atoms with van der Waals surface area (Å²) in [5.74, 6) is 0. The maximum Gasteiger partial charge on any atom is 0.0954 e. The van der Waals surface area contributed by atoms with Gasteiger partial charge in [-0.1, -0.05) is 66.7 Å². The Hall–Kier alpha value is -2.58. The Morgan fingerprint density at radius 1 is 0.571 bits per heavy atom. The second-order valence-electron chi connectivity index (χ2n) is 5.49. The van der Waals surface area contributed by atoms with Crippen molar-refractivity contribution in [3.05, 3.63) is 89.5 Å². The Balaban J connectivity index is 2.12. The van der Waals surface area contributed by atoms with E-state index in [1.165, 1.54) is 11.1 Å². The van der Waals surface area contributed by atoms with Crippen molar-refractivity contribution in [1.82, 2.24) is 0 Å². The Morgan fingerprint density at radius 2 is 1.00 bits per heavy atom. The van der Waals surface area contributed by atoms with Crippen LogP contribution in [0.4, 0.5) is 5.69 Å². The van der Waals surface area contributed by atoms with E-state index < -0.39 is 5.54 Å². The number of anilines is 1. The smallest absolute Gasteiger partial charge is 0.0954 e. The predicted octanol–water partition coefficient (Wildman–Crippen LogP) is 3.50. The Morgan fingerprint density at radius 3 is 1.52 bits per heavy atom. The van der Waals surface area contributed by atoms with Crippen LogP contribution in [0.25, 0.3) is 11.1 Å². The van der Waals surface area contributed by atoms with Crippen molar-refractivity contribution in [3.63, 3.8) is 0 Å². The predicted molar refractivity (Wildman–Crippen MR) is 86.8 cm³/mol. The second kappa shape index (κ2) is 4.21. The van der Waals surface area contributed by atoms with Crippen molar-refractivity contribution < 1.29 is 0 Å². The molecule has 2 heteroatoms. The van der Waals surface area contributed by atoms with Crippen LogP contribution in [0.5, 0.6) is 0 Å². The average Bonchev–Trinajstić information content (AvgIpc) is 2.79. The van der Waals surface area contributed by atoms with Crippen LogP contribution in [-0.2, 0) is 5.54 Å². The van der Waals surface area contributed by atoms with Crippen molar-refractivity contribution in [2.45, 2.75) is 5.54 Å². The topological polar surface area (TPSA) is 52.0 Å². The number of nitrogen functional groups attached to an aromatic ring is 1. The van der Waals surface area contributed by atoms with Gasteiger partial charge in [0.1, 0.15) is 0 Å². The minimum absolute atomic E-state index is 0.682. The highest BCUT2D eigenvalue weighted by atomic mass is 14.8. The number of nitrogens with two attached hydrogens (primary N) is 2. The van der Waals surface area contributed by atoms with E-state index in [-0.39, 0.29) is 0 Å². The third kappa shape index (κ3) is 1.51. The number of benzene rings is 3. The molecule has 0 spiro atoms. The lowest BCUT2D eigenvalue weighted by Crippen LogP contribution is -2.37. The number of para-hydroxylation sites is 1. The molecule has 3 aromatic rings. The van der Waals surface area contributed by atoms with Crippen LogP contribution >= 0.6 is 0 Å². The van der Waals surface area contributed by atoms with E-state index in [0.29, 0.717) is 0 Å². The molecule has 4 rings (SSSR count). The molecule has 1 aliphatic rings. The zero-order valence-electron chi connectivity index (χ0n) is 11.6. The Kier molecular flexibility index (Phi) is 2.44. The third-order valence-corrected chi connectivity index (χ3v) is 4.38. The number of hydrogen-bond donors (Lipinski definition) is 2. The van der Waals surface area contributed by atoms with Crippen LogP contribution in [0.1, 0.15) is 16.7 Å². The summed E-state index contributed by atoms with van der Waals surface area (Å²) in [6.07, 6.45) is 0. The van der Waals surface area contributed by atoms with E-state index in [0.717, 1.165) is 22.4 Å². The van der Waals surface area contributed by atoms with E-state index >= 15 is 0 Å². The molecular weight excluding hydrogens is 256 g/mol. The normalized spacial score (nSPS) is 14.5. The van der Waals surface area contributed by atoms with E-state index in [1.54, 1.807) is 0 Å². The van der Waals surface area contributed by atoms with Gasteiger partial charge in [0.15, 0.2) is 0 Å².